The number of anilines is 1. The number of benzene rings is 2. The molecule has 2 heterocycles. The number of nitrogens with zero attached hydrogens (tertiary/aromatic N) is 2. The van der Waals surface area contributed by atoms with Crippen molar-refractivity contribution in [2.75, 3.05) is 26.1 Å². The van der Waals surface area contributed by atoms with Crippen LogP contribution in [0, 0.1) is 5.41 Å². The van der Waals surface area contributed by atoms with E-state index in [4.69, 9.17) is 14.2 Å². The van der Waals surface area contributed by atoms with Crippen LogP contribution in [0.1, 0.15) is 65.3 Å². The molecule has 1 unspecified atom stereocenters. The first-order valence-electron chi connectivity index (χ1n) is 13.6. The van der Waals surface area contributed by atoms with Gasteiger partial charge in [0.2, 0.25) is 5.91 Å². The Morgan fingerprint density at radius 2 is 1.88 bits per heavy atom. The lowest BCUT2D eigenvalue weighted by molar-refractivity contribution is -0.120. The number of likely N-dealkylation sites (tertiary alicyclic amines) is 1. The molecule has 3 amide bonds. The Hall–Kier alpha value is -4.12. The summed E-state index contributed by atoms with van der Waals surface area (Å²) in [5, 5.41) is 6.81. The van der Waals surface area contributed by atoms with E-state index in [0.29, 0.717) is 34.5 Å². The van der Waals surface area contributed by atoms with Crippen LogP contribution >= 0.6 is 11.3 Å². The summed E-state index contributed by atoms with van der Waals surface area (Å²) in [6.07, 6.45) is 2.63. The van der Waals surface area contributed by atoms with Crippen LogP contribution in [-0.4, -0.2) is 48.6 Å². The summed E-state index contributed by atoms with van der Waals surface area (Å²) < 4.78 is 16.3. The van der Waals surface area contributed by atoms with Gasteiger partial charge >= 0.3 is 6.09 Å². The van der Waals surface area contributed by atoms with E-state index in [1.807, 2.05) is 43.3 Å². The van der Waals surface area contributed by atoms with Gasteiger partial charge in [-0.05, 0) is 43.4 Å². The van der Waals surface area contributed by atoms with Gasteiger partial charge in [-0.3, -0.25) is 14.5 Å². The maximum Gasteiger partial charge on any atom is 0.410 e. The van der Waals surface area contributed by atoms with Crippen molar-refractivity contribution in [3.05, 3.63) is 70.4 Å². The number of amides is 3. The highest BCUT2D eigenvalue weighted by molar-refractivity contribution is 7.16. The fourth-order valence-corrected chi connectivity index (χ4v) is 5.79. The molecule has 1 aliphatic heterocycles. The average molecular weight is 579 g/mol. The number of rotatable bonds is 10. The van der Waals surface area contributed by atoms with Crippen LogP contribution in [0.2, 0.25) is 0 Å². The molecule has 1 aliphatic carbocycles. The van der Waals surface area contributed by atoms with Gasteiger partial charge in [0.25, 0.3) is 5.91 Å². The van der Waals surface area contributed by atoms with Gasteiger partial charge in [0.05, 0.1) is 20.3 Å². The van der Waals surface area contributed by atoms with Gasteiger partial charge in [-0.15, -0.1) is 0 Å². The van der Waals surface area contributed by atoms with Crippen molar-refractivity contribution in [2.24, 2.45) is 5.41 Å². The van der Waals surface area contributed by atoms with Gasteiger partial charge in [-0.1, -0.05) is 48.6 Å². The van der Waals surface area contributed by atoms with E-state index in [2.05, 4.69) is 15.6 Å². The van der Waals surface area contributed by atoms with E-state index in [0.717, 1.165) is 30.4 Å². The normalized spacial score (nSPS) is 17.0. The summed E-state index contributed by atoms with van der Waals surface area (Å²) in [4.78, 5) is 45.7. The zero-order valence-corrected chi connectivity index (χ0v) is 24.2. The van der Waals surface area contributed by atoms with Gasteiger partial charge in [-0.25, -0.2) is 9.78 Å². The summed E-state index contributed by atoms with van der Waals surface area (Å²) in [6.45, 7) is 2.78. The quantitative estimate of drug-likeness (QED) is 0.335. The molecular weight excluding hydrogens is 544 g/mol. The molecule has 11 heteroatoms. The van der Waals surface area contributed by atoms with Gasteiger partial charge in [-0.2, -0.15) is 0 Å². The van der Waals surface area contributed by atoms with Crippen LogP contribution in [0.5, 0.6) is 11.5 Å². The maximum atomic E-state index is 13.4. The highest BCUT2D eigenvalue weighted by Gasteiger charge is 2.45. The number of ether oxygens (including phenoxy) is 3. The monoisotopic (exact) mass is 578 g/mol. The minimum atomic E-state index is -0.436. The van der Waals surface area contributed by atoms with Crippen molar-refractivity contribution >= 4 is 34.2 Å². The number of nitrogens with one attached hydrogen (secondary N) is 2. The third kappa shape index (κ3) is 6.45. The predicted molar refractivity (Wildman–Crippen MR) is 154 cm³/mol. The molecule has 5 rings (SSSR count). The summed E-state index contributed by atoms with van der Waals surface area (Å²) in [5.41, 5.74) is 1.35. The van der Waals surface area contributed by atoms with Crippen LogP contribution in [0.15, 0.2) is 48.5 Å². The van der Waals surface area contributed by atoms with E-state index < -0.39 is 17.4 Å². The van der Waals surface area contributed by atoms with Crippen LogP contribution in [-0.2, 0) is 22.7 Å². The van der Waals surface area contributed by atoms with E-state index >= 15 is 0 Å². The molecule has 3 aromatic rings. The molecule has 216 valence electrons. The predicted octanol–water partition coefficient (Wildman–Crippen LogP) is 5.30. The Morgan fingerprint density at radius 3 is 2.59 bits per heavy atom. The first-order valence-corrected chi connectivity index (χ1v) is 14.4. The number of methoxy groups -OCH3 is 2. The van der Waals surface area contributed by atoms with E-state index in [1.54, 1.807) is 31.3 Å². The fraction of sp³-hybridized carbons (Fsp3) is 0.400. The molecule has 1 aromatic heterocycles. The molecule has 1 atom stereocenters. The molecule has 2 fully saturated rings. The van der Waals surface area contributed by atoms with E-state index in [1.165, 1.54) is 11.3 Å². The van der Waals surface area contributed by atoms with Crippen molar-refractivity contribution in [3.8, 4) is 11.5 Å². The van der Waals surface area contributed by atoms with Crippen molar-refractivity contribution in [2.45, 2.75) is 51.8 Å². The fourth-order valence-electron chi connectivity index (χ4n) is 4.69. The number of carbonyl (C=O) groups excluding carboxylic acids is 3. The summed E-state index contributed by atoms with van der Waals surface area (Å²) in [5.74, 6) is 0.652. The lowest BCUT2D eigenvalue weighted by atomic mass is 10.1. The van der Waals surface area contributed by atoms with Crippen molar-refractivity contribution in [3.63, 3.8) is 0 Å². The van der Waals surface area contributed by atoms with Crippen LogP contribution in [0.3, 0.4) is 0 Å². The first-order chi connectivity index (χ1) is 19.8. The zero-order chi connectivity index (χ0) is 29.0. The second-order valence-electron chi connectivity index (χ2n) is 10.5. The third-order valence-electron chi connectivity index (χ3n) is 7.55. The summed E-state index contributed by atoms with van der Waals surface area (Å²) in [6, 6.07) is 14.5. The standard InChI is InChI=1S/C30H34N4O6S/c1-30(13-14-30)28(36)33-27-24(25(35)31-17-20-11-12-21(38-2)16-23(20)39-3)32-26(41-27)22-10-7-15-34(22)29(37)40-18-19-8-5-4-6-9-19/h4-6,8-9,11-12,16,22H,7,10,13-15,17-18H2,1-3H3,(H,31,35)(H,33,36). The van der Waals surface area contributed by atoms with Crippen molar-refractivity contribution < 1.29 is 28.6 Å². The Kier molecular flexibility index (Phi) is 8.44. The third-order valence-corrected chi connectivity index (χ3v) is 8.62. The SMILES string of the molecule is COc1ccc(CNC(=O)c2nc(C3CCCN3C(=O)OCc3ccccc3)sc2NC(=O)C2(C)CC2)c(OC)c1. The maximum absolute atomic E-state index is 13.4. The lowest BCUT2D eigenvalue weighted by Gasteiger charge is -2.22. The van der Waals surface area contributed by atoms with Crippen LogP contribution in [0.25, 0.3) is 0 Å². The van der Waals surface area contributed by atoms with Crippen molar-refractivity contribution in [1.82, 2.24) is 15.2 Å². The van der Waals surface area contributed by atoms with E-state index in [9.17, 15) is 14.4 Å². The van der Waals surface area contributed by atoms with Crippen molar-refractivity contribution in [1.29, 1.82) is 0 Å². The molecular formula is C30H34N4O6S. The summed E-state index contributed by atoms with van der Waals surface area (Å²) in [7, 11) is 3.12. The Labute approximate surface area is 243 Å². The van der Waals surface area contributed by atoms with Gasteiger partial charge in [0.1, 0.15) is 28.1 Å². The number of thiazole rings is 1. The van der Waals surface area contributed by atoms with Crippen LogP contribution < -0.4 is 20.1 Å². The minimum absolute atomic E-state index is 0.125. The molecule has 0 spiro atoms. The lowest BCUT2D eigenvalue weighted by Crippen LogP contribution is -2.31. The second kappa shape index (κ2) is 12.2. The molecule has 1 saturated carbocycles. The largest absolute Gasteiger partial charge is 0.497 e. The van der Waals surface area contributed by atoms with Gasteiger partial charge in [0, 0.05) is 30.1 Å². The van der Waals surface area contributed by atoms with Gasteiger partial charge < -0.3 is 24.8 Å². The average Bonchev–Trinajstić information content (AvgIpc) is 3.37. The number of aromatic nitrogens is 1. The molecule has 1 saturated heterocycles. The molecule has 0 radical (unpaired) electrons. The first kappa shape index (κ1) is 28.4. The smallest absolute Gasteiger partial charge is 0.410 e. The van der Waals surface area contributed by atoms with Crippen LogP contribution in [0.4, 0.5) is 9.80 Å². The molecule has 10 nitrogen and oxygen atoms in total. The number of carbonyl (C=O) groups is 3. The number of hydrogen-bond acceptors (Lipinski definition) is 8. The molecule has 0 bridgehead atoms. The Bertz CT molecular complexity index is 1420. The molecule has 2 N–H and O–H groups in total. The highest BCUT2D eigenvalue weighted by atomic mass is 32.1. The summed E-state index contributed by atoms with van der Waals surface area (Å²) >= 11 is 1.23. The minimum Gasteiger partial charge on any atom is -0.497 e. The van der Waals surface area contributed by atoms with E-state index in [-0.39, 0.29) is 30.8 Å². The molecule has 2 aliphatic rings. The Morgan fingerprint density at radius 1 is 1.10 bits per heavy atom. The second-order valence-corrected chi connectivity index (χ2v) is 11.5. The Balaban J connectivity index is 1.34. The highest BCUT2D eigenvalue weighted by Crippen LogP contribution is 2.46. The van der Waals surface area contributed by atoms with Gasteiger partial charge in [0.15, 0.2) is 5.69 Å². The molecule has 41 heavy (non-hydrogen) atoms. The zero-order valence-electron chi connectivity index (χ0n) is 23.4. The number of hydrogen-bond donors (Lipinski definition) is 2. The topological polar surface area (TPSA) is 119 Å². The molecule has 2 aromatic carbocycles.